The van der Waals surface area contributed by atoms with Gasteiger partial charge >= 0.3 is 0 Å². The van der Waals surface area contributed by atoms with Crippen LogP contribution in [-0.4, -0.2) is 29.1 Å². The number of hydrogen-bond acceptors (Lipinski definition) is 4. The summed E-state index contributed by atoms with van der Waals surface area (Å²) in [4.78, 5) is 6.36. The molecular weight excluding hydrogens is 517 g/mol. The molecule has 5 heteroatoms. The van der Waals surface area contributed by atoms with Crippen LogP contribution >= 0.6 is 46.2 Å². The number of hydrogen-bond donors (Lipinski definition) is 0. The first-order valence-corrected chi connectivity index (χ1v) is 20.7. The third kappa shape index (κ3) is 4.03. The minimum atomic E-state index is -1.48. The second kappa shape index (κ2) is 9.21. The van der Waals surface area contributed by atoms with Crippen molar-refractivity contribution in [3.63, 3.8) is 0 Å². The lowest BCUT2D eigenvalue weighted by Gasteiger charge is -2.45. The molecule has 2 aliphatic heterocycles. The molecule has 0 spiro atoms. The van der Waals surface area contributed by atoms with E-state index in [0.29, 0.717) is 0 Å². The SMILES string of the molecule is Cc1ccc(C2C(C)SC3C2CC(C)C3[Si](C)(C)C2C(C)CC3C2SC(C)C3c2ccc(C)s2)s1. The molecule has 35 heavy (non-hydrogen) atoms. The van der Waals surface area contributed by atoms with Gasteiger partial charge in [-0.25, -0.2) is 0 Å². The van der Waals surface area contributed by atoms with Gasteiger partial charge in [-0.1, -0.05) is 40.8 Å². The van der Waals surface area contributed by atoms with Crippen molar-refractivity contribution in [2.75, 3.05) is 0 Å². The number of aryl methyl sites for hydroxylation is 2. The van der Waals surface area contributed by atoms with Crippen molar-refractivity contribution in [1.82, 2.24) is 0 Å². The van der Waals surface area contributed by atoms with Crippen LogP contribution in [0.15, 0.2) is 24.3 Å². The molecule has 2 aliphatic carbocycles. The molecule has 192 valence electrons. The molecule has 2 saturated carbocycles. The van der Waals surface area contributed by atoms with Gasteiger partial charge in [-0.2, -0.15) is 23.5 Å². The van der Waals surface area contributed by atoms with Crippen molar-refractivity contribution in [3.05, 3.63) is 43.8 Å². The van der Waals surface area contributed by atoms with Crippen molar-refractivity contribution in [2.45, 2.75) is 111 Å². The molecule has 2 aromatic heterocycles. The van der Waals surface area contributed by atoms with E-state index >= 15 is 0 Å². The van der Waals surface area contributed by atoms with Gasteiger partial charge in [-0.3, -0.25) is 0 Å². The summed E-state index contributed by atoms with van der Waals surface area (Å²) < 4.78 is 0. The highest BCUT2D eigenvalue weighted by Gasteiger charge is 2.63. The Morgan fingerprint density at radius 3 is 1.40 bits per heavy atom. The number of rotatable bonds is 4. The fourth-order valence-corrected chi connectivity index (χ4v) is 24.5. The Morgan fingerprint density at radius 1 is 0.657 bits per heavy atom. The number of thiophene rings is 2. The summed E-state index contributed by atoms with van der Waals surface area (Å²) in [7, 11) is -1.48. The average Bonchev–Trinajstić information content (AvgIpc) is 3.57. The van der Waals surface area contributed by atoms with Crippen LogP contribution in [0.4, 0.5) is 0 Å². The van der Waals surface area contributed by atoms with E-state index in [9.17, 15) is 0 Å². The summed E-state index contributed by atoms with van der Waals surface area (Å²) in [6.07, 6.45) is 2.95. The van der Waals surface area contributed by atoms with Crippen molar-refractivity contribution in [1.29, 1.82) is 0 Å². The summed E-state index contributed by atoms with van der Waals surface area (Å²) in [6.45, 7) is 20.7. The molecule has 6 rings (SSSR count). The monoisotopic (exact) mass is 560 g/mol. The van der Waals surface area contributed by atoms with Crippen molar-refractivity contribution in [3.8, 4) is 0 Å². The van der Waals surface area contributed by atoms with E-state index in [1.165, 1.54) is 22.6 Å². The van der Waals surface area contributed by atoms with Crippen LogP contribution in [0.1, 0.15) is 71.9 Å². The lowest BCUT2D eigenvalue weighted by Crippen LogP contribution is -2.47. The molecule has 0 N–H and O–H groups in total. The molecule has 4 aliphatic rings. The summed E-state index contributed by atoms with van der Waals surface area (Å²) in [5, 5.41) is 3.37. The fourth-order valence-electron chi connectivity index (χ4n) is 9.72. The van der Waals surface area contributed by atoms with Crippen LogP contribution in [0.25, 0.3) is 0 Å². The normalized spacial score (nSPS) is 45.3. The van der Waals surface area contributed by atoms with Crippen molar-refractivity contribution < 1.29 is 0 Å². The molecule has 12 atom stereocenters. The van der Waals surface area contributed by atoms with Gasteiger partial charge in [0.25, 0.3) is 0 Å². The maximum Gasteiger partial charge on any atom is 0.0563 e. The van der Waals surface area contributed by atoms with Gasteiger partial charge < -0.3 is 0 Å². The second-order valence-electron chi connectivity index (χ2n) is 13.2. The highest BCUT2D eigenvalue weighted by molar-refractivity contribution is 8.01. The topological polar surface area (TPSA) is 0 Å². The second-order valence-corrected chi connectivity index (χ2v) is 23.9. The Balaban J connectivity index is 1.28. The molecule has 4 heterocycles. The van der Waals surface area contributed by atoms with E-state index in [1.54, 1.807) is 9.75 Å². The first-order chi connectivity index (χ1) is 16.6. The van der Waals surface area contributed by atoms with Gasteiger partial charge in [0.15, 0.2) is 0 Å². The van der Waals surface area contributed by atoms with Crippen LogP contribution in [0.5, 0.6) is 0 Å². The lowest BCUT2D eigenvalue weighted by molar-refractivity contribution is 0.447. The Hall–Kier alpha value is 0.317. The standard InChI is InChI=1S/C30H44S4Si/c1-15-13-21-25(23-11-9-17(3)31-23)19(5)33-27(21)29(15)35(7,8)30-16(2)14-22-26(20(6)34-28(22)30)24-12-10-18(4)32-24/h9-12,15-16,19-22,25-30H,13-14H2,1-8H3. The molecule has 0 aromatic carbocycles. The van der Waals surface area contributed by atoms with Gasteiger partial charge in [-0.05, 0) is 85.7 Å². The summed E-state index contributed by atoms with van der Waals surface area (Å²) in [6, 6.07) is 9.67. The Labute approximate surface area is 231 Å². The smallest absolute Gasteiger partial charge is 0.0563 e. The Kier molecular flexibility index (Phi) is 6.73. The van der Waals surface area contributed by atoms with Gasteiger partial charge in [0.2, 0.25) is 0 Å². The summed E-state index contributed by atoms with van der Waals surface area (Å²) >= 11 is 8.98. The highest BCUT2D eigenvalue weighted by atomic mass is 32.2. The van der Waals surface area contributed by atoms with Gasteiger partial charge in [-0.15, -0.1) is 22.7 Å². The minimum Gasteiger partial charge on any atom is -0.154 e. The zero-order valence-corrected chi connectivity index (χ0v) is 27.1. The van der Waals surface area contributed by atoms with Crippen LogP contribution in [-0.2, 0) is 0 Å². The molecule has 2 aromatic rings. The Morgan fingerprint density at radius 2 is 1.06 bits per heavy atom. The van der Waals surface area contributed by atoms with Gasteiger partial charge in [0.05, 0.1) is 8.07 Å². The van der Waals surface area contributed by atoms with Gasteiger partial charge in [0.1, 0.15) is 0 Å². The van der Waals surface area contributed by atoms with Gasteiger partial charge in [0, 0.05) is 52.3 Å². The molecule has 4 fully saturated rings. The predicted octanol–water partition coefficient (Wildman–Crippen LogP) is 10.1. The zero-order chi connectivity index (χ0) is 24.8. The van der Waals surface area contributed by atoms with E-state index in [1.807, 2.05) is 0 Å². The predicted molar refractivity (Wildman–Crippen MR) is 165 cm³/mol. The highest BCUT2D eigenvalue weighted by Crippen LogP contribution is 2.70. The summed E-state index contributed by atoms with van der Waals surface area (Å²) in [5.41, 5.74) is 1.97. The molecule has 2 saturated heterocycles. The van der Waals surface area contributed by atoms with Crippen molar-refractivity contribution >= 4 is 54.3 Å². The average molecular weight is 561 g/mol. The maximum absolute atomic E-state index is 2.85. The first kappa shape index (κ1) is 25.6. The Bertz CT molecular complexity index is 988. The van der Waals surface area contributed by atoms with E-state index in [4.69, 9.17) is 0 Å². The molecule has 0 radical (unpaired) electrons. The largest absolute Gasteiger partial charge is 0.154 e. The van der Waals surface area contributed by atoms with Crippen LogP contribution < -0.4 is 0 Å². The minimum absolute atomic E-state index is 0.781. The molecule has 0 amide bonds. The number of thioether (sulfide) groups is 2. The van der Waals surface area contributed by atoms with Crippen LogP contribution in [0.2, 0.25) is 24.2 Å². The molecular formula is C30H44S4Si. The van der Waals surface area contributed by atoms with Crippen LogP contribution in [0.3, 0.4) is 0 Å². The van der Waals surface area contributed by atoms with E-state index in [2.05, 4.69) is 125 Å². The van der Waals surface area contributed by atoms with Crippen molar-refractivity contribution in [2.24, 2.45) is 23.7 Å². The van der Waals surface area contributed by atoms with Crippen LogP contribution in [0, 0.1) is 37.5 Å². The molecule has 12 unspecified atom stereocenters. The summed E-state index contributed by atoms with van der Waals surface area (Å²) in [5.74, 6) is 5.21. The van der Waals surface area contributed by atoms with E-state index in [0.717, 1.165) is 67.6 Å². The first-order valence-electron chi connectivity index (χ1n) is 14.0. The maximum atomic E-state index is 2.85. The zero-order valence-electron chi connectivity index (χ0n) is 22.8. The third-order valence-electron chi connectivity index (χ3n) is 10.6. The lowest BCUT2D eigenvalue weighted by atomic mass is 9.87. The number of fused-ring (bicyclic) bond motifs is 2. The van der Waals surface area contributed by atoms with E-state index in [-0.39, 0.29) is 0 Å². The molecule has 0 bridgehead atoms. The quantitative estimate of drug-likeness (QED) is 0.341. The van der Waals surface area contributed by atoms with E-state index < -0.39 is 8.07 Å². The third-order valence-corrected chi connectivity index (χ3v) is 22.0. The fraction of sp³-hybridized carbons (Fsp3) is 0.733. The molecule has 0 nitrogen and oxygen atoms in total.